The molecule has 1 aromatic rings. The molecule has 0 radical (unpaired) electrons. The summed E-state index contributed by atoms with van der Waals surface area (Å²) in [6, 6.07) is 4.84. The molecule has 0 aliphatic carbocycles. The van der Waals surface area contributed by atoms with Gasteiger partial charge in [0.25, 0.3) is 0 Å². The van der Waals surface area contributed by atoms with E-state index in [1.807, 2.05) is 0 Å². The lowest BCUT2D eigenvalue weighted by atomic mass is 10.1. The van der Waals surface area contributed by atoms with Crippen molar-refractivity contribution in [3.05, 3.63) is 18.2 Å². The molecule has 1 aromatic carbocycles. The summed E-state index contributed by atoms with van der Waals surface area (Å²) in [4.78, 5) is 2.20. The Morgan fingerprint density at radius 2 is 2.15 bits per heavy atom. The molecule has 2 rings (SSSR count). The van der Waals surface area contributed by atoms with Crippen LogP contribution in [0, 0.1) is 0 Å². The van der Waals surface area contributed by atoms with Gasteiger partial charge in [-0.25, -0.2) is 13.6 Å². The number of aliphatic hydroxyl groups excluding tert-OH is 1. The minimum absolute atomic E-state index is 0.0782. The van der Waals surface area contributed by atoms with Crippen LogP contribution in [0.1, 0.15) is 25.7 Å². The quantitative estimate of drug-likeness (QED) is 0.692. The van der Waals surface area contributed by atoms with E-state index in [1.54, 1.807) is 12.1 Å². The Morgan fingerprint density at radius 1 is 1.40 bits per heavy atom. The molecule has 20 heavy (non-hydrogen) atoms. The van der Waals surface area contributed by atoms with Crippen molar-refractivity contribution in [2.45, 2.75) is 36.6 Å². The molecule has 0 aromatic heterocycles. The largest absolute Gasteiger partial charge is 0.397 e. The average molecular weight is 299 g/mol. The summed E-state index contributed by atoms with van der Waals surface area (Å²) in [6.45, 7) is 1.01. The maximum atomic E-state index is 11.5. The van der Waals surface area contributed by atoms with E-state index >= 15 is 0 Å². The lowest BCUT2D eigenvalue weighted by molar-refractivity contribution is 0.279. The number of nitrogen functional groups attached to an aromatic ring is 1. The van der Waals surface area contributed by atoms with Crippen molar-refractivity contribution in [2.75, 3.05) is 23.8 Å². The first-order chi connectivity index (χ1) is 9.43. The third-order valence-electron chi connectivity index (χ3n) is 3.71. The maximum absolute atomic E-state index is 11.5. The number of aliphatic hydroxyl groups is 1. The topological polar surface area (TPSA) is 110 Å². The van der Waals surface area contributed by atoms with Gasteiger partial charge in [-0.1, -0.05) is 0 Å². The first-order valence-corrected chi connectivity index (χ1v) is 8.28. The van der Waals surface area contributed by atoms with Crippen molar-refractivity contribution in [3.63, 3.8) is 0 Å². The van der Waals surface area contributed by atoms with Crippen molar-refractivity contribution >= 4 is 21.4 Å². The van der Waals surface area contributed by atoms with Crippen molar-refractivity contribution in [1.29, 1.82) is 0 Å². The Hall–Kier alpha value is -1.31. The van der Waals surface area contributed by atoms with Crippen molar-refractivity contribution in [1.82, 2.24) is 0 Å². The smallest absolute Gasteiger partial charge is 0.238 e. The highest BCUT2D eigenvalue weighted by molar-refractivity contribution is 7.89. The predicted molar refractivity (Wildman–Crippen MR) is 78.9 cm³/mol. The van der Waals surface area contributed by atoms with E-state index in [0.717, 1.165) is 37.9 Å². The minimum Gasteiger partial charge on any atom is -0.397 e. The molecule has 0 saturated carbocycles. The molecule has 5 N–H and O–H groups in total. The van der Waals surface area contributed by atoms with E-state index in [2.05, 4.69) is 4.90 Å². The van der Waals surface area contributed by atoms with Gasteiger partial charge in [0.1, 0.15) is 0 Å². The number of sulfonamides is 1. The van der Waals surface area contributed by atoms with Gasteiger partial charge in [-0.05, 0) is 43.9 Å². The van der Waals surface area contributed by atoms with E-state index in [4.69, 9.17) is 16.0 Å². The van der Waals surface area contributed by atoms with Crippen molar-refractivity contribution < 1.29 is 13.5 Å². The van der Waals surface area contributed by atoms with Crippen LogP contribution in [0.15, 0.2) is 23.1 Å². The highest BCUT2D eigenvalue weighted by Gasteiger charge is 2.26. The van der Waals surface area contributed by atoms with Crippen LogP contribution in [0.25, 0.3) is 0 Å². The van der Waals surface area contributed by atoms with Gasteiger partial charge in [-0.2, -0.15) is 0 Å². The molecule has 1 aliphatic rings. The summed E-state index contributed by atoms with van der Waals surface area (Å²) in [5.74, 6) is 0. The number of nitrogens with two attached hydrogens (primary N) is 2. The molecular weight excluding hydrogens is 278 g/mol. The lowest BCUT2D eigenvalue weighted by Gasteiger charge is -2.28. The van der Waals surface area contributed by atoms with Gasteiger partial charge in [0, 0.05) is 19.2 Å². The fourth-order valence-corrected chi connectivity index (χ4v) is 3.26. The Balaban J connectivity index is 2.31. The molecule has 0 spiro atoms. The number of hydrogen-bond acceptors (Lipinski definition) is 5. The van der Waals surface area contributed by atoms with Crippen LogP contribution in [-0.2, 0) is 10.0 Å². The zero-order valence-corrected chi connectivity index (χ0v) is 12.1. The molecule has 1 atom stereocenters. The first-order valence-electron chi connectivity index (χ1n) is 6.73. The molecule has 1 heterocycles. The summed E-state index contributed by atoms with van der Waals surface area (Å²) in [5.41, 5.74) is 7.25. The van der Waals surface area contributed by atoms with E-state index in [1.165, 1.54) is 6.07 Å². The van der Waals surface area contributed by atoms with Crippen LogP contribution in [0.4, 0.5) is 11.4 Å². The third-order valence-corrected chi connectivity index (χ3v) is 4.62. The van der Waals surface area contributed by atoms with Crippen molar-refractivity contribution in [2.24, 2.45) is 5.14 Å². The number of anilines is 2. The molecule has 0 bridgehead atoms. The predicted octanol–water partition coefficient (Wildman–Crippen LogP) is 0.657. The van der Waals surface area contributed by atoms with Gasteiger partial charge >= 0.3 is 0 Å². The number of benzene rings is 1. The van der Waals surface area contributed by atoms with Gasteiger partial charge < -0.3 is 15.7 Å². The zero-order valence-electron chi connectivity index (χ0n) is 11.3. The van der Waals surface area contributed by atoms with Crippen molar-refractivity contribution in [3.8, 4) is 0 Å². The fraction of sp³-hybridized carbons (Fsp3) is 0.538. The van der Waals surface area contributed by atoms with Gasteiger partial charge in [0.05, 0.1) is 16.3 Å². The first kappa shape index (κ1) is 15.1. The van der Waals surface area contributed by atoms with Crippen LogP contribution in [0.5, 0.6) is 0 Å². The summed E-state index contributed by atoms with van der Waals surface area (Å²) < 4.78 is 22.9. The van der Waals surface area contributed by atoms with Crippen LogP contribution >= 0.6 is 0 Å². The molecule has 1 fully saturated rings. The number of nitrogens with zero attached hydrogens (tertiary/aromatic N) is 1. The lowest BCUT2D eigenvalue weighted by Crippen LogP contribution is -2.30. The number of primary sulfonamides is 1. The molecule has 1 saturated heterocycles. The molecule has 7 heteroatoms. The Labute approximate surface area is 119 Å². The average Bonchev–Trinajstić information content (AvgIpc) is 2.83. The second kappa shape index (κ2) is 5.99. The Morgan fingerprint density at radius 3 is 2.80 bits per heavy atom. The summed E-state index contributed by atoms with van der Waals surface area (Å²) in [7, 11) is -3.73. The summed E-state index contributed by atoms with van der Waals surface area (Å²) in [6.07, 6.45) is 3.67. The van der Waals surface area contributed by atoms with E-state index in [0.29, 0.717) is 11.7 Å². The third kappa shape index (κ3) is 3.23. The second-order valence-electron chi connectivity index (χ2n) is 5.12. The van der Waals surface area contributed by atoms with Crippen LogP contribution in [0.2, 0.25) is 0 Å². The zero-order chi connectivity index (χ0) is 14.8. The normalized spacial score (nSPS) is 19.5. The highest BCUT2D eigenvalue weighted by atomic mass is 32.2. The molecule has 1 aliphatic heterocycles. The number of rotatable bonds is 5. The standard InChI is InChI=1S/C13H21N3O3S/c14-12-6-5-11(20(15,18)19)9-13(12)16-7-1-3-10(16)4-2-8-17/h5-6,9-10,17H,1-4,7-8,14H2,(H2,15,18,19). The maximum Gasteiger partial charge on any atom is 0.238 e. The van der Waals surface area contributed by atoms with Crippen LogP contribution in [-0.4, -0.2) is 32.7 Å². The Kier molecular flexibility index (Phi) is 4.52. The SMILES string of the molecule is Nc1ccc(S(N)(=O)=O)cc1N1CCCC1CCCO. The number of hydrogen-bond donors (Lipinski definition) is 3. The molecule has 1 unspecified atom stereocenters. The molecule has 6 nitrogen and oxygen atoms in total. The van der Waals surface area contributed by atoms with Crippen LogP contribution < -0.4 is 15.8 Å². The van der Waals surface area contributed by atoms with E-state index in [-0.39, 0.29) is 11.5 Å². The monoisotopic (exact) mass is 299 g/mol. The molecule has 0 amide bonds. The van der Waals surface area contributed by atoms with Crippen LogP contribution in [0.3, 0.4) is 0 Å². The molecular formula is C13H21N3O3S. The second-order valence-corrected chi connectivity index (χ2v) is 6.68. The van der Waals surface area contributed by atoms with E-state index in [9.17, 15) is 8.42 Å². The van der Waals surface area contributed by atoms with Gasteiger partial charge in [0.15, 0.2) is 0 Å². The van der Waals surface area contributed by atoms with E-state index < -0.39 is 10.0 Å². The summed E-state index contributed by atoms with van der Waals surface area (Å²) >= 11 is 0. The van der Waals surface area contributed by atoms with Gasteiger partial charge in [0.2, 0.25) is 10.0 Å². The minimum atomic E-state index is -3.73. The summed E-state index contributed by atoms with van der Waals surface area (Å²) in [5, 5.41) is 14.1. The van der Waals surface area contributed by atoms with Gasteiger partial charge in [-0.15, -0.1) is 0 Å². The highest BCUT2D eigenvalue weighted by Crippen LogP contribution is 2.33. The Bertz CT molecular complexity index is 574. The molecule has 112 valence electrons. The van der Waals surface area contributed by atoms with Gasteiger partial charge in [-0.3, -0.25) is 0 Å². The fourth-order valence-electron chi connectivity index (χ4n) is 2.73.